The summed E-state index contributed by atoms with van der Waals surface area (Å²) >= 11 is 3.42. The first kappa shape index (κ1) is 16.2. The highest BCUT2D eigenvalue weighted by molar-refractivity contribution is 9.10. The Morgan fingerprint density at radius 2 is 2.10 bits per heavy atom. The molecule has 0 amide bonds. The molecular weight excluding hydrogens is 333 g/mol. The van der Waals surface area contributed by atoms with Crippen LogP contribution in [-0.4, -0.2) is 16.3 Å². The van der Waals surface area contributed by atoms with Crippen molar-refractivity contribution in [1.82, 2.24) is 15.1 Å². The SMILES string of the molecule is CCNC(Cc1cc(C)nn1CC)c1cc(Br)ccc1F. The number of hydrogen-bond acceptors (Lipinski definition) is 2. The molecular formula is C16H21BrFN3. The highest BCUT2D eigenvalue weighted by atomic mass is 79.9. The maximum absolute atomic E-state index is 14.2. The topological polar surface area (TPSA) is 29.9 Å². The Hall–Kier alpha value is -1.20. The molecule has 0 saturated heterocycles. The molecule has 1 heterocycles. The number of nitrogens with one attached hydrogen (secondary N) is 1. The van der Waals surface area contributed by atoms with Crippen molar-refractivity contribution >= 4 is 15.9 Å². The van der Waals surface area contributed by atoms with Crippen molar-refractivity contribution in [2.75, 3.05) is 6.54 Å². The van der Waals surface area contributed by atoms with Crippen molar-refractivity contribution in [3.05, 3.63) is 51.5 Å². The van der Waals surface area contributed by atoms with E-state index in [1.807, 2.05) is 24.6 Å². The van der Waals surface area contributed by atoms with Crippen LogP contribution in [0.2, 0.25) is 0 Å². The van der Waals surface area contributed by atoms with Gasteiger partial charge in [-0.1, -0.05) is 22.9 Å². The van der Waals surface area contributed by atoms with E-state index in [1.54, 1.807) is 6.07 Å². The average molecular weight is 354 g/mol. The van der Waals surface area contributed by atoms with E-state index in [9.17, 15) is 4.39 Å². The minimum atomic E-state index is -0.177. The quantitative estimate of drug-likeness (QED) is 0.850. The number of benzene rings is 1. The van der Waals surface area contributed by atoms with Crippen LogP contribution in [0.5, 0.6) is 0 Å². The van der Waals surface area contributed by atoms with E-state index < -0.39 is 0 Å². The molecule has 0 aliphatic carbocycles. The molecule has 0 fully saturated rings. The van der Waals surface area contributed by atoms with E-state index in [0.29, 0.717) is 5.56 Å². The Morgan fingerprint density at radius 3 is 2.76 bits per heavy atom. The third kappa shape index (κ3) is 3.92. The zero-order valence-electron chi connectivity index (χ0n) is 12.7. The summed E-state index contributed by atoms with van der Waals surface area (Å²) in [7, 11) is 0. The van der Waals surface area contributed by atoms with Crippen LogP contribution in [0.3, 0.4) is 0 Å². The highest BCUT2D eigenvalue weighted by Crippen LogP contribution is 2.25. The molecule has 1 aromatic carbocycles. The normalized spacial score (nSPS) is 12.6. The van der Waals surface area contributed by atoms with Gasteiger partial charge >= 0.3 is 0 Å². The van der Waals surface area contributed by atoms with Gasteiger partial charge in [0.05, 0.1) is 5.69 Å². The third-order valence-corrected chi connectivity index (χ3v) is 3.98. The summed E-state index contributed by atoms with van der Waals surface area (Å²) in [5.74, 6) is -0.177. The summed E-state index contributed by atoms with van der Waals surface area (Å²) < 4.78 is 17.0. The fourth-order valence-corrected chi connectivity index (χ4v) is 2.95. The fraction of sp³-hybridized carbons (Fsp3) is 0.438. The molecule has 114 valence electrons. The van der Waals surface area contributed by atoms with Gasteiger partial charge in [0.2, 0.25) is 0 Å². The second kappa shape index (κ2) is 7.18. The Labute approximate surface area is 133 Å². The van der Waals surface area contributed by atoms with Gasteiger partial charge in [-0.25, -0.2) is 4.39 Å². The van der Waals surface area contributed by atoms with Crippen molar-refractivity contribution in [3.63, 3.8) is 0 Å². The van der Waals surface area contributed by atoms with Gasteiger partial charge in [0.25, 0.3) is 0 Å². The fourth-order valence-electron chi connectivity index (χ4n) is 2.57. The number of nitrogens with zero attached hydrogens (tertiary/aromatic N) is 2. The van der Waals surface area contributed by atoms with Crippen molar-refractivity contribution in [2.45, 2.75) is 39.8 Å². The predicted molar refractivity (Wildman–Crippen MR) is 86.9 cm³/mol. The zero-order chi connectivity index (χ0) is 15.4. The van der Waals surface area contributed by atoms with Crippen LogP contribution in [0.4, 0.5) is 4.39 Å². The summed E-state index contributed by atoms with van der Waals surface area (Å²) in [6.07, 6.45) is 0.718. The van der Waals surface area contributed by atoms with Gasteiger partial charge in [-0.2, -0.15) is 5.10 Å². The molecule has 2 rings (SSSR count). The van der Waals surface area contributed by atoms with E-state index in [1.165, 1.54) is 6.07 Å². The van der Waals surface area contributed by atoms with E-state index >= 15 is 0 Å². The Morgan fingerprint density at radius 1 is 1.33 bits per heavy atom. The molecule has 0 aliphatic rings. The molecule has 5 heteroatoms. The lowest BCUT2D eigenvalue weighted by atomic mass is 10.0. The molecule has 1 atom stereocenters. The second-order valence-electron chi connectivity index (χ2n) is 5.07. The molecule has 1 unspecified atom stereocenters. The first-order valence-electron chi connectivity index (χ1n) is 7.26. The van der Waals surface area contributed by atoms with E-state index in [4.69, 9.17) is 0 Å². The van der Waals surface area contributed by atoms with Gasteiger partial charge in [-0.3, -0.25) is 4.68 Å². The van der Waals surface area contributed by atoms with Gasteiger partial charge in [0.1, 0.15) is 5.82 Å². The van der Waals surface area contributed by atoms with E-state index in [0.717, 1.165) is 35.4 Å². The monoisotopic (exact) mass is 353 g/mol. The lowest BCUT2D eigenvalue weighted by Gasteiger charge is -2.20. The number of aromatic nitrogens is 2. The molecule has 0 spiro atoms. The third-order valence-electron chi connectivity index (χ3n) is 3.48. The minimum absolute atomic E-state index is 0.0612. The number of aryl methyl sites for hydroxylation is 2. The molecule has 21 heavy (non-hydrogen) atoms. The minimum Gasteiger partial charge on any atom is -0.310 e. The van der Waals surface area contributed by atoms with Crippen molar-refractivity contribution in [2.24, 2.45) is 0 Å². The Kier molecular flexibility index (Phi) is 5.53. The van der Waals surface area contributed by atoms with Gasteiger partial charge in [0, 0.05) is 34.7 Å². The Bertz CT molecular complexity index is 610. The van der Waals surface area contributed by atoms with Crippen LogP contribution in [-0.2, 0) is 13.0 Å². The Balaban J connectivity index is 2.32. The lowest BCUT2D eigenvalue weighted by Crippen LogP contribution is -2.25. The van der Waals surface area contributed by atoms with E-state index in [2.05, 4.69) is 39.3 Å². The van der Waals surface area contributed by atoms with Crippen molar-refractivity contribution in [1.29, 1.82) is 0 Å². The first-order chi connectivity index (χ1) is 10.0. The van der Waals surface area contributed by atoms with Crippen LogP contribution < -0.4 is 5.32 Å². The zero-order valence-corrected chi connectivity index (χ0v) is 14.2. The van der Waals surface area contributed by atoms with Crippen LogP contribution >= 0.6 is 15.9 Å². The number of rotatable bonds is 6. The predicted octanol–water partition coefficient (Wildman–Crippen LogP) is 4.01. The van der Waals surface area contributed by atoms with Crippen LogP contribution in [0.1, 0.15) is 36.8 Å². The van der Waals surface area contributed by atoms with E-state index in [-0.39, 0.29) is 11.9 Å². The standard InChI is InChI=1S/C16H21BrFN3/c1-4-19-16(14-9-12(17)6-7-15(14)18)10-13-8-11(3)20-21(13)5-2/h6-9,16,19H,4-5,10H2,1-3H3. The number of hydrogen-bond donors (Lipinski definition) is 1. The summed E-state index contributed by atoms with van der Waals surface area (Å²) in [5, 5.41) is 7.84. The maximum atomic E-state index is 14.2. The summed E-state index contributed by atoms with van der Waals surface area (Å²) in [5.41, 5.74) is 2.81. The summed E-state index contributed by atoms with van der Waals surface area (Å²) in [6.45, 7) is 7.69. The van der Waals surface area contributed by atoms with Gasteiger partial charge in [0.15, 0.2) is 0 Å². The molecule has 0 saturated carbocycles. The van der Waals surface area contributed by atoms with Crippen LogP contribution in [0.25, 0.3) is 0 Å². The molecule has 0 radical (unpaired) electrons. The highest BCUT2D eigenvalue weighted by Gasteiger charge is 2.18. The average Bonchev–Trinajstić information content (AvgIpc) is 2.81. The number of halogens is 2. The second-order valence-corrected chi connectivity index (χ2v) is 5.99. The first-order valence-corrected chi connectivity index (χ1v) is 8.06. The van der Waals surface area contributed by atoms with Crippen LogP contribution in [0, 0.1) is 12.7 Å². The van der Waals surface area contributed by atoms with Gasteiger partial charge in [-0.05, 0) is 44.7 Å². The maximum Gasteiger partial charge on any atom is 0.128 e. The lowest BCUT2D eigenvalue weighted by molar-refractivity contribution is 0.489. The molecule has 2 aromatic rings. The largest absolute Gasteiger partial charge is 0.310 e. The molecule has 0 bridgehead atoms. The smallest absolute Gasteiger partial charge is 0.128 e. The molecule has 3 nitrogen and oxygen atoms in total. The number of likely N-dealkylation sites (N-methyl/N-ethyl adjacent to an activating group) is 1. The van der Waals surface area contributed by atoms with Crippen LogP contribution in [0.15, 0.2) is 28.7 Å². The summed E-state index contributed by atoms with van der Waals surface area (Å²) in [6, 6.07) is 7.09. The van der Waals surface area contributed by atoms with Gasteiger partial charge < -0.3 is 5.32 Å². The summed E-state index contributed by atoms with van der Waals surface area (Å²) in [4.78, 5) is 0. The molecule has 0 aliphatic heterocycles. The van der Waals surface area contributed by atoms with Gasteiger partial charge in [-0.15, -0.1) is 0 Å². The molecule has 1 aromatic heterocycles. The van der Waals surface area contributed by atoms with Crippen molar-refractivity contribution in [3.8, 4) is 0 Å². The van der Waals surface area contributed by atoms with Crippen molar-refractivity contribution < 1.29 is 4.39 Å². The molecule has 1 N–H and O–H groups in total.